The molecule has 2 rings (SSSR count). The van der Waals surface area contributed by atoms with Gasteiger partial charge in [0.25, 0.3) is 0 Å². The van der Waals surface area contributed by atoms with Gasteiger partial charge in [0.1, 0.15) is 0 Å². The van der Waals surface area contributed by atoms with Crippen molar-refractivity contribution in [3.8, 4) is 0 Å². The topological polar surface area (TPSA) is 21.3 Å². The zero-order valence-electron chi connectivity index (χ0n) is 12.5. The van der Waals surface area contributed by atoms with Crippen molar-refractivity contribution in [3.05, 3.63) is 0 Å². The molecule has 0 aromatic rings. The van der Waals surface area contributed by atoms with Crippen molar-refractivity contribution in [2.45, 2.75) is 71.4 Å². The third-order valence-electron chi connectivity index (χ3n) is 4.76. The van der Waals surface area contributed by atoms with E-state index in [1.807, 2.05) is 0 Å². The Bertz CT molecular complexity index is 237. The van der Waals surface area contributed by atoms with Crippen molar-refractivity contribution in [2.75, 3.05) is 13.2 Å². The molecular weight excluding hydrogens is 222 g/mol. The molecule has 0 aliphatic heterocycles. The monoisotopic (exact) mass is 253 g/mol. The molecule has 2 heteroatoms. The largest absolute Gasteiger partial charge is 0.380 e. The lowest BCUT2D eigenvalue weighted by Gasteiger charge is -2.34. The van der Waals surface area contributed by atoms with Crippen LogP contribution in [-0.4, -0.2) is 25.3 Å². The zero-order valence-corrected chi connectivity index (χ0v) is 12.5. The quantitative estimate of drug-likeness (QED) is 0.748. The molecule has 0 spiro atoms. The minimum absolute atomic E-state index is 0.535. The summed E-state index contributed by atoms with van der Waals surface area (Å²) in [5.41, 5.74) is 0. The van der Waals surface area contributed by atoms with Gasteiger partial charge in [-0.2, -0.15) is 0 Å². The Morgan fingerprint density at radius 1 is 1.11 bits per heavy atom. The maximum absolute atomic E-state index is 5.62. The summed E-state index contributed by atoms with van der Waals surface area (Å²) in [4.78, 5) is 0. The van der Waals surface area contributed by atoms with Crippen LogP contribution < -0.4 is 5.32 Å². The summed E-state index contributed by atoms with van der Waals surface area (Å²) >= 11 is 0. The average Bonchev–Trinajstić information content (AvgIpc) is 3.18. The summed E-state index contributed by atoms with van der Waals surface area (Å²) in [5.74, 6) is 2.77. The smallest absolute Gasteiger partial charge is 0.0622 e. The van der Waals surface area contributed by atoms with E-state index >= 15 is 0 Å². The number of nitrogens with one attached hydrogen (secondary N) is 1. The molecule has 1 N–H and O–H groups in total. The molecule has 2 nitrogen and oxygen atoms in total. The normalized spacial score (nSPS) is 30.7. The fraction of sp³-hybridized carbons (Fsp3) is 1.00. The van der Waals surface area contributed by atoms with E-state index in [2.05, 4.69) is 26.1 Å². The van der Waals surface area contributed by atoms with Crippen LogP contribution in [0.1, 0.15) is 59.3 Å². The van der Waals surface area contributed by atoms with Gasteiger partial charge in [0, 0.05) is 18.7 Å². The molecule has 3 unspecified atom stereocenters. The van der Waals surface area contributed by atoms with E-state index in [9.17, 15) is 0 Å². The molecule has 0 aromatic carbocycles. The van der Waals surface area contributed by atoms with Crippen LogP contribution in [0.4, 0.5) is 0 Å². The van der Waals surface area contributed by atoms with E-state index < -0.39 is 0 Å². The Morgan fingerprint density at radius 3 is 2.50 bits per heavy atom. The predicted molar refractivity (Wildman–Crippen MR) is 76.7 cm³/mol. The second-order valence-electron chi connectivity index (χ2n) is 6.64. The van der Waals surface area contributed by atoms with Gasteiger partial charge in [-0.15, -0.1) is 0 Å². The first-order chi connectivity index (χ1) is 8.70. The second-order valence-corrected chi connectivity index (χ2v) is 6.64. The standard InChI is InChI=1S/C16H31NO/c1-4-18-11-16(12(2)3)17-15-7-5-6-14(10-15)13-8-9-13/h12-17H,4-11H2,1-3H3. The summed E-state index contributed by atoms with van der Waals surface area (Å²) in [7, 11) is 0. The number of rotatable bonds is 7. The molecule has 2 fully saturated rings. The first-order valence-corrected chi connectivity index (χ1v) is 8.04. The lowest BCUT2D eigenvalue weighted by molar-refractivity contribution is 0.0967. The van der Waals surface area contributed by atoms with Gasteiger partial charge in [-0.1, -0.05) is 26.7 Å². The fourth-order valence-electron chi connectivity index (χ4n) is 3.36. The molecule has 0 aromatic heterocycles. The van der Waals surface area contributed by atoms with Crippen molar-refractivity contribution in [1.82, 2.24) is 5.32 Å². The Labute approximate surface area is 113 Å². The third-order valence-corrected chi connectivity index (χ3v) is 4.76. The number of ether oxygens (including phenoxy) is 1. The van der Waals surface area contributed by atoms with E-state index in [1.165, 1.54) is 38.5 Å². The van der Waals surface area contributed by atoms with Crippen LogP contribution in [0.2, 0.25) is 0 Å². The molecule has 2 saturated carbocycles. The van der Waals surface area contributed by atoms with Crippen LogP contribution in [0, 0.1) is 17.8 Å². The van der Waals surface area contributed by atoms with Gasteiger partial charge < -0.3 is 10.1 Å². The highest BCUT2D eigenvalue weighted by atomic mass is 16.5. The molecule has 0 radical (unpaired) electrons. The van der Waals surface area contributed by atoms with E-state index in [-0.39, 0.29) is 0 Å². The van der Waals surface area contributed by atoms with Crippen molar-refractivity contribution < 1.29 is 4.74 Å². The highest BCUT2D eigenvalue weighted by Crippen LogP contribution is 2.43. The maximum atomic E-state index is 5.62. The van der Waals surface area contributed by atoms with Crippen LogP contribution in [0.5, 0.6) is 0 Å². The second kappa shape index (κ2) is 6.91. The van der Waals surface area contributed by atoms with Crippen molar-refractivity contribution in [3.63, 3.8) is 0 Å². The number of hydrogen-bond acceptors (Lipinski definition) is 2. The van der Waals surface area contributed by atoms with Crippen molar-refractivity contribution in [1.29, 1.82) is 0 Å². The lowest BCUT2D eigenvalue weighted by Crippen LogP contribution is -2.46. The molecular formula is C16H31NO. The highest BCUT2D eigenvalue weighted by molar-refractivity contribution is 4.89. The van der Waals surface area contributed by atoms with E-state index in [1.54, 1.807) is 0 Å². The minimum atomic E-state index is 0.535. The Balaban J connectivity index is 1.77. The summed E-state index contributed by atoms with van der Waals surface area (Å²) in [6.07, 6.45) is 8.71. The Kier molecular flexibility index (Phi) is 5.50. The van der Waals surface area contributed by atoms with Crippen LogP contribution in [-0.2, 0) is 4.74 Å². The van der Waals surface area contributed by atoms with E-state index in [0.717, 1.165) is 31.1 Å². The third kappa shape index (κ3) is 4.24. The number of hydrogen-bond donors (Lipinski definition) is 1. The molecule has 106 valence electrons. The molecule has 2 aliphatic carbocycles. The van der Waals surface area contributed by atoms with Crippen LogP contribution in [0.15, 0.2) is 0 Å². The molecule has 3 atom stereocenters. The van der Waals surface area contributed by atoms with Crippen LogP contribution in [0.25, 0.3) is 0 Å². The predicted octanol–water partition coefficient (Wildman–Crippen LogP) is 3.61. The van der Waals surface area contributed by atoms with Crippen LogP contribution in [0.3, 0.4) is 0 Å². The average molecular weight is 253 g/mol. The minimum Gasteiger partial charge on any atom is -0.380 e. The molecule has 0 amide bonds. The van der Waals surface area contributed by atoms with Gasteiger partial charge in [-0.05, 0) is 50.4 Å². The molecule has 0 heterocycles. The Hall–Kier alpha value is -0.0800. The van der Waals surface area contributed by atoms with Gasteiger partial charge in [0.2, 0.25) is 0 Å². The van der Waals surface area contributed by atoms with Crippen molar-refractivity contribution in [2.24, 2.45) is 17.8 Å². The first-order valence-electron chi connectivity index (χ1n) is 8.04. The highest BCUT2D eigenvalue weighted by Gasteiger charge is 2.35. The summed E-state index contributed by atoms with van der Waals surface area (Å²) < 4.78 is 5.62. The summed E-state index contributed by atoms with van der Waals surface area (Å²) in [6, 6.07) is 1.28. The molecule has 2 aliphatic rings. The van der Waals surface area contributed by atoms with Gasteiger partial charge in [0.05, 0.1) is 6.61 Å². The summed E-state index contributed by atoms with van der Waals surface area (Å²) in [5, 5.41) is 3.88. The first kappa shape index (κ1) is 14.3. The maximum Gasteiger partial charge on any atom is 0.0622 e. The van der Waals surface area contributed by atoms with Gasteiger partial charge in [0.15, 0.2) is 0 Å². The van der Waals surface area contributed by atoms with Crippen molar-refractivity contribution >= 4 is 0 Å². The SMILES string of the molecule is CCOCC(NC1CCCC(C2CC2)C1)C(C)C. The summed E-state index contributed by atoms with van der Waals surface area (Å²) in [6.45, 7) is 8.40. The van der Waals surface area contributed by atoms with E-state index in [4.69, 9.17) is 4.74 Å². The van der Waals surface area contributed by atoms with Gasteiger partial charge in [-0.25, -0.2) is 0 Å². The molecule has 0 bridgehead atoms. The molecule has 0 saturated heterocycles. The molecule has 18 heavy (non-hydrogen) atoms. The van der Waals surface area contributed by atoms with Gasteiger partial charge >= 0.3 is 0 Å². The fourth-order valence-corrected chi connectivity index (χ4v) is 3.36. The lowest BCUT2D eigenvalue weighted by atomic mass is 9.82. The Morgan fingerprint density at radius 2 is 1.89 bits per heavy atom. The van der Waals surface area contributed by atoms with Gasteiger partial charge in [-0.3, -0.25) is 0 Å². The van der Waals surface area contributed by atoms with Crippen LogP contribution >= 0.6 is 0 Å². The van der Waals surface area contributed by atoms with E-state index in [0.29, 0.717) is 12.0 Å². The zero-order chi connectivity index (χ0) is 13.0.